The molecule has 2 aliphatic rings. The Kier molecular flexibility index (Phi) is 4.62. The molecule has 3 nitrogen and oxygen atoms in total. The first-order valence-corrected chi connectivity index (χ1v) is 9.10. The Morgan fingerprint density at radius 2 is 2.00 bits per heavy atom. The van der Waals surface area contributed by atoms with Gasteiger partial charge in [-0.1, -0.05) is 12.5 Å². The van der Waals surface area contributed by atoms with Crippen molar-refractivity contribution in [3.63, 3.8) is 0 Å². The number of Topliss-reactive ketones (excluding diaryl/α,β-unsaturated/α-hetero) is 1. The summed E-state index contributed by atoms with van der Waals surface area (Å²) in [5.74, 6) is -0.107. The van der Waals surface area contributed by atoms with Gasteiger partial charge in [0.25, 0.3) is 0 Å². The molecular weight excluding hydrogens is 303 g/mol. The quantitative estimate of drug-likeness (QED) is 0.855. The van der Waals surface area contributed by atoms with Crippen LogP contribution in [0.25, 0.3) is 0 Å². The van der Waals surface area contributed by atoms with Crippen molar-refractivity contribution in [2.75, 3.05) is 7.11 Å². The molecule has 2 aliphatic heterocycles. The highest BCUT2D eigenvalue weighted by Gasteiger charge is 2.40. The third kappa shape index (κ3) is 3.09. The Morgan fingerprint density at radius 1 is 1.32 bits per heavy atom. The summed E-state index contributed by atoms with van der Waals surface area (Å²) >= 11 is 0. The van der Waals surface area contributed by atoms with E-state index in [0.717, 1.165) is 32.1 Å². The molecule has 0 radical (unpaired) electrons. The van der Waals surface area contributed by atoms with E-state index in [1.165, 1.54) is 13.2 Å². The van der Waals surface area contributed by atoms with Crippen LogP contribution >= 0.6 is 0 Å². The van der Waals surface area contributed by atoms with Gasteiger partial charge in [0.05, 0.1) is 7.11 Å². The summed E-state index contributed by atoms with van der Waals surface area (Å²) in [5.41, 5.74) is 0.681. The van der Waals surface area contributed by atoms with Gasteiger partial charge in [0.15, 0.2) is 11.6 Å². The molecule has 0 saturated carbocycles. The van der Waals surface area contributed by atoms with E-state index in [2.05, 4.69) is 0 Å². The number of fused-ring (bicyclic) bond motifs is 2. The average molecular weight is 324 g/mol. The number of benzene rings is 1. The molecular formula is C17H21FO3S. The Morgan fingerprint density at radius 3 is 2.59 bits per heavy atom. The Labute approximate surface area is 132 Å². The molecule has 22 heavy (non-hydrogen) atoms. The first-order chi connectivity index (χ1) is 10.6. The van der Waals surface area contributed by atoms with E-state index in [1.807, 2.05) is 0 Å². The third-order valence-corrected chi connectivity index (χ3v) is 7.02. The molecule has 2 bridgehead atoms. The predicted octanol–water partition coefficient (Wildman–Crippen LogP) is 3.03. The molecule has 120 valence electrons. The minimum absolute atomic E-state index is 0.0156. The molecule has 1 aromatic carbocycles. The number of halogens is 1. The highest BCUT2D eigenvalue weighted by molar-refractivity contribution is 7.86. The molecule has 0 spiro atoms. The van der Waals surface area contributed by atoms with Crippen molar-refractivity contribution in [1.82, 2.24) is 0 Å². The molecule has 2 heterocycles. The van der Waals surface area contributed by atoms with Crippen LogP contribution in [0.3, 0.4) is 0 Å². The van der Waals surface area contributed by atoms with Crippen LogP contribution in [-0.2, 0) is 22.0 Å². The maximum absolute atomic E-state index is 13.7. The molecule has 0 aliphatic carbocycles. The van der Waals surface area contributed by atoms with Crippen LogP contribution in [0, 0.1) is 11.7 Å². The van der Waals surface area contributed by atoms with Gasteiger partial charge in [-0.25, -0.2) is 4.39 Å². The monoisotopic (exact) mass is 324 g/mol. The number of ketones is 1. The number of ether oxygens (including phenoxy) is 1. The average Bonchev–Trinajstić information content (AvgIpc) is 2.47. The number of rotatable bonds is 4. The summed E-state index contributed by atoms with van der Waals surface area (Å²) in [6.45, 7) is 0. The third-order valence-electron chi connectivity index (χ3n) is 4.85. The van der Waals surface area contributed by atoms with Crippen LogP contribution in [0.1, 0.15) is 37.7 Å². The maximum Gasteiger partial charge on any atom is 0.165 e. The van der Waals surface area contributed by atoms with E-state index < -0.39 is 16.6 Å². The van der Waals surface area contributed by atoms with Gasteiger partial charge in [0.2, 0.25) is 0 Å². The molecule has 0 amide bonds. The van der Waals surface area contributed by atoms with Crippen molar-refractivity contribution in [3.8, 4) is 5.75 Å². The molecule has 0 N–H and O–H groups in total. The predicted molar refractivity (Wildman–Crippen MR) is 84.0 cm³/mol. The van der Waals surface area contributed by atoms with Crippen LogP contribution in [0.15, 0.2) is 18.2 Å². The second kappa shape index (κ2) is 6.49. The van der Waals surface area contributed by atoms with E-state index in [0.29, 0.717) is 5.56 Å². The van der Waals surface area contributed by atoms with Gasteiger partial charge >= 0.3 is 0 Å². The second-order valence-corrected chi connectivity index (χ2v) is 8.27. The lowest BCUT2D eigenvalue weighted by Crippen LogP contribution is -2.41. The second-order valence-electron chi connectivity index (χ2n) is 6.28. The highest BCUT2D eigenvalue weighted by Crippen LogP contribution is 2.37. The van der Waals surface area contributed by atoms with Gasteiger partial charge < -0.3 is 4.74 Å². The van der Waals surface area contributed by atoms with E-state index in [9.17, 15) is 13.4 Å². The van der Waals surface area contributed by atoms with E-state index in [1.54, 1.807) is 12.1 Å². The fraction of sp³-hybridized carbons (Fsp3) is 0.588. The van der Waals surface area contributed by atoms with Gasteiger partial charge in [0, 0.05) is 33.6 Å². The zero-order valence-corrected chi connectivity index (χ0v) is 13.5. The van der Waals surface area contributed by atoms with Crippen molar-refractivity contribution >= 4 is 16.6 Å². The smallest absolute Gasteiger partial charge is 0.165 e. The summed E-state index contributed by atoms with van der Waals surface area (Å²) in [5, 5.41) is 0.378. The van der Waals surface area contributed by atoms with Gasteiger partial charge in [-0.15, -0.1) is 0 Å². The Balaban J connectivity index is 1.67. The van der Waals surface area contributed by atoms with Crippen LogP contribution in [0.4, 0.5) is 4.39 Å². The largest absolute Gasteiger partial charge is 0.494 e. The number of carbonyl (C=O) groups excluding carboxylic acids is 1. The number of hydrogen-bond acceptors (Lipinski definition) is 3. The zero-order valence-electron chi connectivity index (χ0n) is 12.7. The lowest BCUT2D eigenvalue weighted by atomic mass is 9.85. The maximum atomic E-state index is 13.7. The first-order valence-electron chi connectivity index (χ1n) is 7.83. The molecule has 5 heteroatoms. The van der Waals surface area contributed by atoms with Gasteiger partial charge in [0.1, 0.15) is 5.78 Å². The molecule has 0 aromatic heterocycles. The normalized spacial score (nSPS) is 30.8. The van der Waals surface area contributed by atoms with Crippen LogP contribution in [0.2, 0.25) is 0 Å². The van der Waals surface area contributed by atoms with Gasteiger partial charge in [-0.05, 0) is 43.4 Å². The SMILES string of the molecule is COc1ccc(CC(=O)C2CC3CCCC(C2)S3=O)cc1F. The van der Waals surface area contributed by atoms with Crippen LogP contribution < -0.4 is 4.74 Å². The lowest BCUT2D eigenvalue weighted by molar-refractivity contribution is -0.122. The fourth-order valence-corrected chi connectivity index (χ4v) is 5.85. The van der Waals surface area contributed by atoms with Crippen molar-refractivity contribution in [2.24, 2.45) is 5.92 Å². The summed E-state index contributed by atoms with van der Waals surface area (Å²) in [6, 6.07) is 4.67. The van der Waals surface area contributed by atoms with E-state index in [4.69, 9.17) is 4.74 Å². The standard InChI is InChI=1S/C17H21FO3S/c1-21-17-6-5-11(7-15(17)18)8-16(19)12-9-13-3-2-4-14(10-12)22(13)20/h5-7,12-14H,2-4,8-10H2,1H3. The lowest BCUT2D eigenvalue weighted by Gasteiger charge is -2.37. The number of hydrogen-bond donors (Lipinski definition) is 0. The Bertz CT molecular complexity index is 586. The molecule has 2 fully saturated rings. The highest BCUT2D eigenvalue weighted by atomic mass is 32.2. The van der Waals surface area contributed by atoms with Gasteiger partial charge in [-0.2, -0.15) is 0 Å². The minimum atomic E-state index is -0.756. The molecule has 1 aromatic rings. The molecule has 2 saturated heterocycles. The summed E-state index contributed by atoms with van der Waals surface area (Å²) < 4.78 is 30.8. The van der Waals surface area contributed by atoms with Crippen LogP contribution in [-0.4, -0.2) is 27.6 Å². The number of carbonyl (C=O) groups is 1. The first kappa shape index (κ1) is 15.7. The van der Waals surface area contributed by atoms with Crippen molar-refractivity contribution in [1.29, 1.82) is 0 Å². The van der Waals surface area contributed by atoms with E-state index in [-0.39, 0.29) is 34.4 Å². The molecule has 2 atom stereocenters. The van der Waals surface area contributed by atoms with Crippen molar-refractivity contribution < 1.29 is 18.1 Å². The summed E-state index contributed by atoms with van der Waals surface area (Å²) in [7, 11) is 0.664. The van der Waals surface area contributed by atoms with Crippen molar-refractivity contribution in [3.05, 3.63) is 29.6 Å². The van der Waals surface area contributed by atoms with Gasteiger partial charge in [-0.3, -0.25) is 9.00 Å². The minimum Gasteiger partial charge on any atom is -0.494 e. The Hall–Kier alpha value is -1.23. The topological polar surface area (TPSA) is 43.4 Å². The molecule has 2 unspecified atom stereocenters. The molecule has 3 rings (SSSR count). The summed E-state index contributed by atoms with van der Waals surface area (Å²) in [4.78, 5) is 12.5. The zero-order chi connectivity index (χ0) is 15.7. The fourth-order valence-electron chi connectivity index (χ4n) is 3.66. The summed E-state index contributed by atoms with van der Waals surface area (Å²) in [6.07, 6.45) is 4.80. The van der Waals surface area contributed by atoms with Crippen molar-refractivity contribution in [2.45, 2.75) is 49.0 Å². The van der Waals surface area contributed by atoms with E-state index >= 15 is 0 Å². The number of methoxy groups -OCH3 is 1. The van der Waals surface area contributed by atoms with Crippen LogP contribution in [0.5, 0.6) is 5.75 Å².